The second-order valence-corrected chi connectivity index (χ2v) is 7.62. The lowest BCUT2D eigenvalue weighted by Gasteiger charge is -2.29. The summed E-state index contributed by atoms with van der Waals surface area (Å²) in [5.74, 6) is 1.33. The minimum Gasteiger partial charge on any atom is -0.459 e. The van der Waals surface area contributed by atoms with Crippen molar-refractivity contribution in [2.45, 2.75) is 13.0 Å². The SMILES string of the molecule is N#CCCN(CCN1CCOCC1)CC(=O)NCc1ccc(-c2ccc(Cl)cc2)o1. The molecule has 1 aromatic carbocycles. The van der Waals surface area contributed by atoms with Crippen molar-refractivity contribution in [3.05, 3.63) is 47.2 Å². The first-order chi connectivity index (χ1) is 14.6. The number of amides is 1. The molecule has 30 heavy (non-hydrogen) atoms. The number of nitrogens with zero attached hydrogens (tertiary/aromatic N) is 3. The summed E-state index contributed by atoms with van der Waals surface area (Å²) < 4.78 is 11.2. The van der Waals surface area contributed by atoms with Gasteiger partial charge in [0.1, 0.15) is 11.5 Å². The number of hydrogen-bond donors (Lipinski definition) is 1. The van der Waals surface area contributed by atoms with Crippen LogP contribution in [0.25, 0.3) is 11.3 Å². The molecule has 1 N–H and O–H groups in total. The van der Waals surface area contributed by atoms with E-state index in [0.717, 1.165) is 50.7 Å². The van der Waals surface area contributed by atoms with Gasteiger partial charge in [0, 0.05) is 49.7 Å². The van der Waals surface area contributed by atoms with Gasteiger partial charge in [0.15, 0.2) is 0 Å². The number of halogens is 1. The maximum atomic E-state index is 12.4. The smallest absolute Gasteiger partial charge is 0.234 e. The zero-order chi connectivity index (χ0) is 21.2. The number of nitriles is 1. The monoisotopic (exact) mass is 430 g/mol. The van der Waals surface area contributed by atoms with E-state index in [2.05, 4.69) is 16.3 Å². The molecule has 1 aliphatic heterocycles. The van der Waals surface area contributed by atoms with Crippen molar-refractivity contribution in [3.63, 3.8) is 0 Å². The molecule has 1 saturated heterocycles. The predicted octanol–water partition coefficient (Wildman–Crippen LogP) is 2.76. The molecular weight excluding hydrogens is 404 g/mol. The predicted molar refractivity (Wildman–Crippen MR) is 115 cm³/mol. The van der Waals surface area contributed by atoms with Crippen LogP contribution in [0.15, 0.2) is 40.8 Å². The van der Waals surface area contributed by atoms with Gasteiger partial charge < -0.3 is 14.5 Å². The van der Waals surface area contributed by atoms with Crippen molar-refractivity contribution >= 4 is 17.5 Å². The summed E-state index contributed by atoms with van der Waals surface area (Å²) in [6.07, 6.45) is 0.402. The number of carbonyl (C=O) groups excluding carboxylic acids is 1. The molecular formula is C22H27ClN4O3. The van der Waals surface area contributed by atoms with E-state index in [1.54, 1.807) is 0 Å². The molecule has 160 valence electrons. The summed E-state index contributed by atoms with van der Waals surface area (Å²) in [5, 5.41) is 12.5. The molecule has 7 nitrogen and oxygen atoms in total. The van der Waals surface area contributed by atoms with Crippen LogP contribution >= 0.6 is 11.6 Å². The highest BCUT2D eigenvalue weighted by atomic mass is 35.5. The van der Waals surface area contributed by atoms with Gasteiger partial charge in [0.05, 0.1) is 32.4 Å². The molecule has 1 aromatic heterocycles. The van der Waals surface area contributed by atoms with Crippen molar-refractivity contribution in [3.8, 4) is 17.4 Å². The fraction of sp³-hybridized carbons (Fsp3) is 0.455. The number of hydrogen-bond acceptors (Lipinski definition) is 6. The van der Waals surface area contributed by atoms with Crippen LogP contribution in [0, 0.1) is 11.3 Å². The molecule has 0 radical (unpaired) electrons. The number of rotatable bonds is 10. The minimum atomic E-state index is -0.0839. The summed E-state index contributed by atoms with van der Waals surface area (Å²) in [7, 11) is 0. The van der Waals surface area contributed by atoms with Crippen LogP contribution in [-0.2, 0) is 16.1 Å². The Morgan fingerprint density at radius 1 is 1.17 bits per heavy atom. The summed E-state index contributed by atoms with van der Waals surface area (Å²) >= 11 is 5.92. The number of furan rings is 1. The van der Waals surface area contributed by atoms with E-state index in [1.165, 1.54) is 0 Å². The molecule has 1 fully saturated rings. The average Bonchev–Trinajstić information content (AvgIpc) is 3.24. The first-order valence-corrected chi connectivity index (χ1v) is 10.5. The Balaban J connectivity index is 1.46. The first kappa shape index (κ1) is 22.3. The fourth-order valence-corrected chi connectivity index (χ4v) is 3.40. The molecule has 0 spiro atoms. The Morgan fingerprint density at radius 3 is 2.67 bits per heavy atom. The maximum Gasteiger partial charge on any atom is 0.234 e. The van der Waals surface area contributed by atoms with Gasteiger partial charge in [-0.25, -0.2) is 0 Å². The number of benzene rings is 1. The molecule has 0 saturated carbocycles. The highest BCUT2D eigenvalue weighted by Gasteiger charge is 2.15. The van der Waals surface area contributed by atoms with Crippen LogP contribution in [-0.4, -0.2) is 68.2 Å². The van der Waals surface area contributed by atoms with E-state index in [0.29, 0.717) is 30.3 Å². The van der Waals surface area contributed by atoms with E-state index in [1.807, 2.05) is 41.3 Å². The van der Waals surface area contributed by atoms with Crippen LogP contribution in [0.1, 0.15) is 12.2 Å². The molecule has 0 bridgehead atoms. The lowest BCUT2D eigenvalue weighted by Crippen LogP contribution is -2.44. The van der Waals surface area contributed by atoms with Gasteiger partial charge in [-0.05, 0) is 36.4 Å². The topological polar surface area (TPSA) is 81.7 Å². The van der Waals surface area contributed by atoms with Gasteiger partial charge in [0.2, 0.25) is 5.91 Å². The quantitative estimate of drug-likeness (QED) is 0.624. The third kappa shape index (κ3) is 7.15. The number of ether oxygens (including phenoxy) is 1. The average molecular weight is 431 g/mol. The van der Waals surface area contributed by atoms with Gasteiger partial charge in [0.25, 0.3) is 0 Å². The molecule has 2 aromatic rings. The van der Waals surface area contributed by atoms with Crippen LogP contribution in [0.3, 0.4) is 0 Å². The van der Waals surface area contributed by atoms with Crippen LogP contribution in [0.4, 0.5) is 0 Å². The van der Waals surface area contributed by atoms with Gasteiger partial charge >= 0.3 is 0 Å². The van der Waals surface area contributed by atoms with Crippen LogP contribution in [0.5, 0.6) is 0 Å². The minimum absolute atomic E-state index is 0.0839. The second kappa shape index (κ2) is 11.7. The Bertz CT molecular complexity index is 841. The Labute approximate surface area is 182 Å². The number of morpholine rings is 1. The van der Waals surface area contributed by atoms with Crippen LogP contribution in [0.2, 0.25) is 5.02 Å². The largest absolute Gasteiger partial charge is 0.459 e. The van der Waals surface area contributed by atoms with E-state index >= 15 is 0 Å². The summed E-state index contributed by atoms with van der Waals surface area (Å²) in [6, 6.07) is 13.3. The van der Waals surface area contributed by atoms with E-state index in [-0.39, 0.29) is 12.5 Å². The third-order valence-corrected chi connectivity index (χ3v) is 5.25. The summed E-state index contributed by atoms with van der Waals surface area (Å²) in [6.45, 7) is 6.09. The van der Waals surface area contributed by atoms with Gasteiger partial charge in [-0.3, -0.25) is 14.6 Å². The van der Waals surface area contributed by atoms with E-state index in [4.69, 9.17) is 26.0 Å². The van der Waals surface area contributed by atoms with Crippen molar-refractivity contribution in [2.75, 3.05) is 52.5 Å². The molecule has 1 amide bonds. The second-order valence-electron chi connectivity index (χ2n) is 7.19. The van der Waals surface area contributed by atoms with Crippen molar-refractivity contribution in [1.29, 1.82) is 5.26 Å². The fourth-order valence-electron chi connectivity index (χ4n) is 3.27. The molecule has 0 unspecified atom stereocenters. The summed E-state index contributed by atoms with van der Waals surface area (Å²) in [5.41, 5.74) is 0.933. The lowest BCUT2D eigenvalue weighted by atomic mass is 10.2. The molecule has 3 rings (SSSR count). The van der Waals surface area contributed by atoms with Gasteiger partial charge in [-0.15, -0.1) is 0 Å². The highest BCUT2D eigenvalue weighted by Crippen LogP contribution is 2.23. The lowest BCUT2D eigenvalue weighted by molar-refractivity contribution is -0.122. The van der Waals surface area contributed by atoms with Gasteiger partial charge in [-0.2, -0.15) is 5.26 Å². The van der Waals surface area contributed by atoms with Crippen LogP contribution < -0.4 is 5.32 Å². The third-order valence-electron chi connectivity index (χ3n) is 4.99. The van der Waals surface area contributed by atoms with E-state index in [9.17, 15) is 4.79 Å². The normalized spacial score (nSPS) is 14.6. The van der Waals surface area contributed by atoms with Crippen molar-refractivity contribution in [2.24, 2.45) is 0 Å². The van der Waals surface area contributed by atoms with E-state index < -0.39 is 0 Å². The summed E-state index contributed by atoms with van der Waals surface area (Å²) in [4.78, 5) is 16.8. The molecule has 1 aliphatic rings. The molecule has 8 heteroatoms. The molecule has 0 atom stereocenters. The van der Waals surface area contributed by atoms with Crippen molar-refractivity contribution < 1.29 is 13.9 Å². The standard InChI is InChI=1S/C22H27ClN4O3/c23-19-4-2-18(3-5-19)21-7-6-20(30-21)16-25-22(28)17-27(9-1-8-24)11-10-26-12-14-29-15-13-26/h2-7H,1,9-17H2,(H,25,28). The number of nitrogens with one attached hydrogen (secondary N) is 1. The Kier molecular flexibility index (Phi) is 8.72. The zero-order valence-corrected chi connectivity index (χ0v) is 17.7. The highest BCUT2D eigenvalue weighted by molar-refractivity contribution is 6.30. The van der Waals surface area contributed by atoms with Crippen molar-refractivity contribution in [1.82, 2.24) is 15.1 Å². The maximum absolute atomic E-state index is 12.4. The zero-order valence-electron chi connectivity index (χ0n) is 17.0. The molecule has 2 heterocycles. The Hall–Kier alpha value is -2.37. The number of carbonyl (C=O) groups is 1. The Morgan fingerprint density at radius 2 is 1.93 bits per heavy atom. The molecule has 0 aliphatic carbocycles. The van der Waals surface area contributed by atoms with Gasteiger partial charge in [-0.1, -0.05) is 11.6 Å². The first-order valence-electron chi connectivity index (χ1n) is 10.1.